The first-order chi connectivity index (χ1) is 8.10. The van der Waals surface area contributed by atoms with Crippen LogP contribution in [0.15, 0.2) is 18.2 Å². The van der Waals surface area contributed by atoms with E-state index in [2.05, 4.69) is 31.9 Å². The number of nitrogens with zero attached hydrogens (tertiary/aromatic N) is 1. The van der Waals surface area contributed by atoms with E-state index in [4.69, 9.17) is 10.5 Å². The van der Waals surface area contributed by atoms with Crippen LogP contribution in [0.2, 0.25) is 0 Å². The van der Waals surface area contributed by atoms with Crippen LogP contribution in [0, 0.1) is 0 Å². The lowest BCUT2D eigenvalue weighted by atomic mass is 10.1. The molecule has 2 N–H and O–H groups in total. The molecular weight excluding hydrogens is 212 g/mol. The zero-order chi connectivity index (χ0) is 12.8. The molecule has 0 amide bonds. The summed E-state index contributed by atoms with van der Waals surface area (Å²) in [6, 6.07) is 6.54. The number of hydrogen-bond donors (Lipinski definition) is 1. The van der Waals surface area contributed by atoms with Crippen LogP contribution < -0.4 is 10.5 Å². The second-order valence-corrected chi connectivity index (χ2v) is 4.50. The van der Waals surface area contributed by atoms with Gasteiger partial charge in [0, 0.05) is 24.3 Å². The topological polar surface area (TPSA) is 38.5 Å². The molecule has 0 spiro atoms. The quantitative estimate of drug-likeness (QED) is 0.772. The Morgan fingerprint density at radius 2 is 1.88 bits per heavy atom. The molecule has 0 saturated carbocycles. The highest BCUT2D eigenvalue weighted by Gasteiger charge is 2.11. The third-order valence-corrected chi connectivity index (χ3v) is 3.22. The fourth-order valence-corrected chi connectivity index (χ4v) is 2.22. The highest BCUT2D eigenvalue weighted by atomic mass is 16.5. The van der Waals surface area contributed by atoms with Gasteiger partial charge in [-0.3, -0.25) is 4.90 Å². The van der Waals surface area contributed by atoms with Crippen LogP contribution in [-0.4, -0.2) is 25.1 Å². The molecule has 0 aliphatic carbocycles. The van der Waals surface area contributed by atoms with E-state index in [0.717, 1.165) is 18.0 Å². The van der Waals surface area contributed by atoms with Gasteiger partial charge >= 0.3 is 0 Å². The van der Waals surface area contributed by atoms with Gasteiger partial charge in [0.15, 0.2) is 0 Å². The Labute approximate surface area is 105 Å². The molecule has 0 unspecified atom stereocenters. The Hall–Kier alpha value is -1.22. The zero-order valence-electron chi connectivity index (χ0n) is 11.4. The molecule has 0 radical (unpaired) electrons. The minimum Gasteiger partial charge on any atom is -0.497 e. The minimum atomic E-state index is 0.627. The summed E-state index contributed by atoms with van der Waals surface area (Å²) in [7, 11) is 3.83. The molecule has 0 bridgehead atoms. The molecule has 0 aliphatic rings. The standard InChI is InChI=1S/C14H24N2O/c1-5-13(6-2)16(3)10-11-7-12(15)9-14(8-11)17-4/h7-9,13H,5-6,10,15H2,1-4H3. The molecule has 0 fully saturated rings. The van der Waals surface area contributed by atoms with E-state index in [9.17, 15) is 0 Å². The Morgan fingerprint density at radius 3 is 2.41 bits per heavy atom. The van der Waals surface area contributed by atoms with Crippen molar-refractivity contribution in [3.8, 4) is 5.75 Å². The van der Waals surface area contributed by atoms with Crippen LogP contribution in [-0.2, 0) is 6.54 Å². The summed E-state index contributed by atoms with van der Waals surface area (Å²) < 4.78 is 5.23. The maximum absolute atomic E-state index is 5.85. The van der Waals surface area contributed by atoms with Gasteiger partial charge in [0.2, 0.25) is 0 Å². The van der Waals surface area contributed by atoms with Gasteiger partial charge in [0.05, 0.1) is 7.11 Å². The Morgan fingerprint density at radius 1 is 1.24 bits per heavy atom. The first-order valence-corrected chi connectivity index (χ1v) is 6.24. The van der Waals surface area contributed by atoms with Gasteiger partial charge in [-0.05, 0) is 37.6 Å². The van der Waals surface area contributed by atoms with Crippen LogP contribution in [0.25, 0.3) is 0 Å². The fraction of sp³-hybridized carbons (Fsp3) is 0.571. The average molecular weight is 236 g/mol. The highest BCUT2D eigenvalue weighted by molar-refractivity contribution is 5.47. The normalized spacial score (nSPS) is 11.2. The van der Waals surface area contributed by atoms with E-state index >= 15 is 0 Å². The molecule has 1 aromatic carbocycles. The van der Waals surface area contributed by atoms with Crippen molar-refractivity contribution in [2.45, 2.75) is 39.3 Å². The number of benzene rings is 1. The highest BCUT2D eigenvalue weighted by Crippen LogP contribution is 2.20. The van der Waals surface area contributed by atoms with Gasteiger partial charge in [-0.25, -0.2) is 0 Å². The lowest BCUT2D eigenvalue weighted by Gasteiger charge is -2.26. The van der Waals surface area contributed by atoms with Crippen molar-refractivity contribution in [2.75, 3.05) is 19.9 Å². The lowest BCUT2D eigenvalue weighted by molar-refractivity contribution is 0.221. The second kappa shape index (κ2) is 6.50. The van der Waals surface area contributed by atoms with Gasteiger partial charge in [0.25, 0.3) is 0 Å². The summed E-state index contributed by atoms with van der Waals surface area (Å²) in [5, 5.41) is 0. The van der Waals surface area contributed by atoms with Crippen molar-refractivity contribution in [3.63, 3.8) is 0 Å². The van der Waals surface area contributed by atoms with E-state index in [1.54, 1.807) is 7.11 Å². The van der Waals surface area contributed by atoms with Crippen molar-refractivity contribution in [1.29, 1.82) is 0 Å². The Kier molecular flexibility index (Phi) is 5.29. The maximum Gasteiger partial charge on any atom is 0.121 e. The number of anilines is 1. The maximum atomic E-state index is 5.85. The second-order valence-electron chi connectivity index (χ2n) is 4.50. The summed E-state index contributed by atoms with van der Waals surface area (Å²) in [5.41, 5.74) is 7.82. The van der Waals surface area contributed by atoms with Gasteiger partial charge in [-0.2, -0.15) is 0 Å². The molecule has 0 aliphatic heterocycles. The van der Waals surface area contributed by atoms with Crippen LogP contribution in [0.5, 0.6) is 5.75 Å². The van der Waals surface area contributed by atoms with Crippen molar-refractivity contribution in [1.82, 2.24) is 4.90 Å². The first-order valence-electron chi connectivity index (χ1n) is 6.24. The molecule has 0 heterocycles. The van der Waals surface area contributed by atoms with Gasteiger partial charge in [-0.15, -0.1) is 0 Å². The summed E-state index contributed by atoms with van der Waals surface area (Å²) in [5.74, 6) is 0.831. The van der Waals surface area contributed by atoms with Gasteiger partial charge < -0.3 is 10.5 Å². The zero-order valence-corrected chi connectivity index (χ0v) is 11.4. The molecule has 17 heavy (non-hydrogen) atoms. The summed E-state index contributed by atoms with van der Waals surface area (Å²) in [4.78, 5) is 2.37. The minimum absolute atomic E-state index is 0.627. The average Bonchev–Trinajstić information content (AvgIpc) is 2.29. The Balaban J connectivity index is 2.76. The molecule has 0 aromatic heterocycles. The molecule has 3 heteroatoms. The van der Waals surface area contributed by atoms with Crippen LogP contribution in [0.3, 0.4) is 0 Å². The van der Waals surface area contributed by atoms with Gasteiger partial charge in [-0.1, -0.05) is 13.8 Å². The van der Waals surface area contributed by atoms with Crippen molar-refractivity contribution >= 4 is 5.69 Å². The molecule has 96 valence electrons. The van der Waals surface area contributed by atoms with Crippen molar-refractivity contribution in [2.24, 2.45) is 0 Å². The summed E-state index contributed by atoms with van der Waals surface area (Å²) >= 11 is 0. The van der Waals surface area contributed by atoms with Crippen molar-refractivity contribution in [3.05, 3.63) is 23.8 Å². The number of methoxy groups -OCH3 is 1. The molecular formula is C14H24N2O. The fourth-order valence-electron chi connectivity index (χ4n) is 2.22. The SMILES string of the molecule is CCC(CC)N(C)Cc1cc(N)cc(OC)c1. The molecule has 0 saturated heterocycles. The monoisotopic (exact) mass is 236 g/mol. The number of rotatable bonds is 6. The number of hydrogen-bond acceptors (Lipinski definition) is 3. The van der Waals surface area contributed by atoms with Crippen LogP contribution >= 0.6 is 0 Å². The molecule has 1 aromatic rings. The van der Waals surface area contributed by atoms with Gasteiger partial charge in [0.1, 0.15) is 5.75 Å². The third-order valence-electron chi connectivity index (χ3n) is 3.22. The van der Waals surface area contributed by atoms with E-state index in [1.807, 2.05) is 12.1 Å². The molecule has 1 rings (SSSR count). The molecule has 0 atom stereocenters. The first kappa shape index (κ1) is 13.8. The summed E-state index contributed by atoms with van der Waals surface area (Å²) in [6.07, 6.45) is 2.35. The smallest absolute Gasteiger partial charge is 0.121 e. The van der Waals surface area contributed by atoms with Crippen molar-refractivity contribution < 1.29 is 4.74 Å². The van der Waals surface area contributed by atoms with E-state index < -0.39 is 0 Å². The van der Waals surface area contributed by atoms with Crippen LogP contribution in [0.1, 0.15) is 32.3 Å². The third kappa shape index (κ3) is 3.93. The number of nitrogens with two attached hydrogens (primary N) is 1. The molecule has 3 nitrogen and oxygen atoms in total. The van der Waals surface area contributed by atoms with E-state index in [0.29, 0.717) is 6.04 Å². The van der Waals surface area contributed by atoms with E-state index in [1.165, 1.54) is 18.4 Å². The predicted molar refractivity (Wildman–Crippen MR) is 73.2 cm³/mol. The Bertz CT molecular complexity index is 348. The summed E-state index contributed by atoms with van der Waals surface area (Å²) in [6.45, 7) is 5.36. The largest absolute Gasteiger partial charge is 0.497 e. The number of ether oxygens (including phenoxy) is 1. The predicted octanol–water partition coefficient (Wildman–Crippen LogP) is 2.90. The lowest BCUT2D eigenvalue weighted by Crippen LogP contribution is -2.29. The van der Waals surface area contributed by atoms with Crippen LogP contribution in [0.4, 0.5) is 5.69 Å². The number of nitrogen functional groups attached to an aromatic ring is 1. The van der Waals surface area contributed by atoms with E-state index in [-0.39, 0.29) is 0 Å².